The van der Waals surface area contributed by atoms with Gasteiger partial charge < -0.3 is 4.74 Å². The van der Waals surface area contributed by atoms with E-state index in [1.807, 2.05) is 20.8 Å². The summed E-state index contributed by atoms with van der Waals surface area (Å²) < 4.78 is 5.58. The van der Waals surface area contributed by atoms with Crippen molar-refractivity contribution >= 4 is 5.97 Å². The quantitative estimate of drug-likeness (QED) is 0.373. The van der Waals surface area contributed by atoms with Gasteiger partial charge >= 0.3 is 5.97 Å². The van der Waals surface area contributed by atoms with E-state index in [9.17, 15) is 4.79 Å². The van der Waals surface area contributed by atoms with E-state index in [4.69, 9.17) is 4.74 Å². The third-order valence-corrected chi connectivity index (χ3v) is 3.15. The van der Waals surface area contributed by atoms with Gasteiger partial charge in [-0.15, -0.1) is 6.58 Å². The van der Waals surface area contributed by atoms with E-state index in [-0.39, 0.29) is 11.6 Å². The van der Waals surface area contributed by atoms with Crippen LogP contribution in [0.5, 0.6) is 0 Å². The van der Waals surface area contributed by atoms with Crippen molar-refractivity contribution in [2.75, 3.05) is 0 Å². The van der Waals surface area contributed by atoms with Gasteiger partial charge in [0.2, 0.25) is 0 Å². The molecule has 0 saturated heterocycles. The molecular formula is C15H26O2. The van der Waals surface area contributed by atoms with Crippen LogP contribution in [0.1, 0.15) is 60.3 Å². The Bertz CT molecular complexity index is 302. The van der Waals surface area contributed by atoms with Crippen molar-refractivity contribution < 1.29 is 9.53 Å². The van der Waals surface area contributed by atoms with Crippen molar-refractivity contribution in [2.24, 2.45) is 0 Å². The van der Waals surface area contributed by atoms with Gasteiger partial charge in [0, 0.05) is 5.57 Å². The molecule has 0 saturated carbocycles. The standard InChI is InChI=1S/C15H26O2/c1-7-13(5)14(16)17-15(6,8-2)11-9-10-12(3)4/h7H,3,8-11H2,1-2,4-6H3/b13-7+. The summed E-state index contributed by atoms with van der Waals surface area (Å²) in [5.41, 5.74) is 1.50. The SMILES string of the molecule is C=C(C)CCCC(C)(CC)OC(=O)/C(C)=C/C. The molecule has 0 rings (SSSR count). The van der Waals surface area contributed by atoms with Crippen LogP contribution in [0.3, 0.4) is 0 Å². The van der Waals surface area contributed by atoms with Crippen LogP contribution in [0.15, 0.2) is 23.8 Å². The molecule has 0 fully saturated rings. The average Bonchev–Trinajstić information content (AvgIpc) is 2.27. The van der Waals surface area contributed by atoms with Crippen molar-refractivity contribution in [3.05, 3.63) is 23.8 Å². The van der Waals surface area contributed by atoms with Crippen molar-refractivity contribution in [3.8, 4) is 0 Å². The second-order valence-electron chi connectivity index (χ2n) is 4.98. The van der Waals surface area contributed by atoms with E-state index < -0.39 is 0 Å². The molecule has 0 amide bonds. The molecule has 0 aliphatic heterocycles. The molecule has 0 radical (unpaired) electrons. The molecule has 0 aliphatic carbocycles. The molecule has 0 N–H and O–H groups in total. The van der Waals surface area contributed by atoms with E-state index in [1.54, 1.807) is 13.0 Å². The smallest absolute Gasteiger partial charge is 0.333 e. The topological polar surface area (TPSA) is 26.3 Å². The Morgan fingerprint density at radius 3 is 2.41 bits per heavy atom. The molecule has 1 atom stereocenters. The van der Waals surface area contributed by atoms with Crippen molar-refractivity contribution in [2.45, 2.75) is 65.9 Å². The lowest BCUT2D eigenvalue weighted by atomic mass is 9.94. The van der Waals surface area contributed by atoms with Crippen LogP contribution in [0, 0.1) is 0 Å². The first-order chi connectivity index (χ1) is 7.84. The minimum Gasteiger partial charge on any atom is -0.456 e. The van der Waals surface area contributed by atoms with Gasteiger partial charge in [-0.3, -0.25) is 0 Å². The van der Waals surface area contributed by atoms with Gasteiger partial charge in [-0.1, -0.05) is 18.6 Å². The molecule has 0 aromatic heterocycles. The fraction of sp³-hybridized carbons (Fsp3) is 0.667. The van der Waals surface area contributed by atoms with Gasteiger partial charge in [0.05, 0.1) is 0 Å². The summed E-state index contributed by atoms with van der Waals surface area (Å²) >= 11 is 0. The molecule has 0 bridgehead atoms. The molecule has 0 aliphatic rings. The highest BCUT2D eigenvalue weighted by atomic mass is 16.6. The van der Waals surface area contributed by atoms with E-state index in [2.05, 4.69) is 13.5 Å². The largest absolute Gasteiger partial charge is 0.456 e. The number of carbonyl (C=O) groups is 1. The number of rotatable bonds is 7. The lowest BCUT2D eigenvalue weighted by molar-refractivity contribution is -0.154. The number of esters is 1. The predicted molar refractivity (Wildman–Crippen MR) is 72.9 cm³/mol. The molecule has 1 unspecified atom stereocenters. The lowest BCUT2D eigenvalue weighted by Crippen LogP contribution is -2.31. The highest BCUT2D eigenvalue weighted by Crippen LogP contribution is 2.24. The van der Waals surface area contributed by atoms with E-state index >= 15 is 0 Å². The maximum Gasteiger partial charge on any atom is 0.333 e. The van der Waals surface area contributed by atoms with E-state index in [1.165, 1.54) is 5.57 Å². The molecule has 0 aromatic carbocycles. The number of carbonyl (C=O) groups excluding carboxylic acids is 1. The normalized spacial score (nSPS) is 15.2. The zero-order valence-electron chi connectivity index (χ0n) is 11.9. The molecule has 0 aromatic rings. The Kier molecular flexibility index (Phi) is 6.86. The molecule has 17 heavy (non-hydrogen) atoms. The van der Waals surface area contributed by atoms with Crippen molar-refractivity contribution in [1.29, 1.82) is 0 Å². The maximum atomic E-state index is 11.7. The number of hydrogen-bond donors (Lipinski definition) is 0. The predicted octanol–water partition coefficient (Wildman–Crippen LogP) is 4.41. The molecule has 2 nitrogen and oxygen atoms in total. The summed E-state index contributed by atoms with van der Waals surface area (Å²) in [6.07, 6.45) is 5.52. The molecular weight excluding hydrogens is 212 g/mol. The molecule has 0 spiro atoms. The second-order valence-corrected chi connectivity index (χ2v) is 4.98. The van der Waals surface area contributed by atoms with Gasteiger partial charge in [0.25, 0.3) is 0 Å². The zero-order valence-corrected chi connectivity index (χ0v) is 11.9. The summed E-state index contributed by atoms with van der Waals surface area (Å²) in [5, 5.41) is 0. The summed E-state index contributed by atoms with van der Waals surface area (Å²) in [6.45, 7) is 13.6. The monoisotopic (exact) mass is 238 g/mol. The van der Waals surface area contributed by atoms with Crippen LogP contribution in [-0.2, 0) is 9.53 Å². The lowest BCUT2D eigenvalue weighted by Gasteiger charge is -2.28. The van der Waals surface area contributed by atoms with Crippen LogP contribution in [0.2, 0.25) is 0 Å². The van der Waals surface area contributed by atoms with Crippen LogP contribution in [0.4, 0.5) is 0 Å². The maximum absolute atomic E-state index is 11.7. The van der Waals surface area contributed by atoms with Gasteiger partial charge in [-0.2, -0.15) is 0 Å². The van der Waals surface area contributed by atoms with Crippen molar-refractivity contribution in [1.82, 2.24) is 0 Å². The third-order valence-electron chi connectivity index (χ3n) is 3.15. The van der Waals surface area contributed by atoms with E-state index in [0.29, 0.717) is 5.57 Å². The Hall–Kier alpha value is -1.05. The number of allylic oxidation sites excluding steroid dienone is 2. The summed E-state index contributed by atoms with van der Waals surface area (Å²) in [6, 6.07) is 0. The van der Waals surface area contributed by atoms with Gasteiger partial charge in [0.1, 0.15) is 5.60 Å². The molecule has 2 heteroatoms. The van der Waals surface area contributed by atoms with Crippen molar-refractivity contribution in [3.63, 3.8) is 0 Å². The van der Waals surface area contributed by atoms with Crippen LogP contribution in [0.25, 0.3) is 0 Å². The van der Waals surface area contributed by atoms with E-state index in [0.717, 1.165) is 25.7 Å². The highest BCUT2D eigenvalue weighted by Gasteiger charge is 2.26. The number of hydrogen-bond acceptors (Lipinski definition) is 2. The first kappa shape index (κ1) is 16.0. The second kappa shape index (κ2) is 7.31. The molecule has 98 valence electrons. The van der Waals surface area contributed by atoms with Gasteiger partial charge in [0.15, 0.2) is 0 Å². The Labute approximate surface area is 106 Å². The molecule has 0 heterocycles. The Morgan fingerprint density at radius 2 is 2.00 bits per heavy atom. The first-order valence-corrected chi connectivity index (χ1v) is 6.35. The Morgan fingerprint density at radius 1 is 1.41 bits per heavy atom. The first-order valence-electron chi connectivity index (χ1n) is 6.35. The van der Waals surface area contributed by atoms with Crippen LogP contribution >= 0.6 is 0 Å². The van der Waals surface area contributed by atoms with Gasteiger partial charge in [-0.25, -0.2) is 4.79 Å². The summed E-state index contributed by atoms with van der Waals surface area (Å²) in [4.78, 5) is 11.7. The minimum atomic E-state index is -0.350. The highest BCUT2D eigenvalue weighted by molar-refractivity contribution is 5.87. The van der Waals surface area contributed by atoms with Crippen LogP contribution < -0.4 is 0 Å². The average molecular weight is 238 g/mol. The fourth-order valence-electron chi connectivity index (χ4n) is 1.49. The summed E-state index contributed by atoms with van der Waals surface area (Å²) in [7, 11) is 0. The summed E-state index contributed by atoms with van der Waals surface area (Å²) in [5.74, 6) is -0.202. The fourth-order valence-corrected chi connectivity index (χ4v) is 1.49. The number of ether oxygens (including phenoxy) is 1. The third kappa shape index (κ3) is 6.30. The minimum absolute atomic E-state index is 0.202. The van der Waals surface area contributed by atoms with Gasteiger partial charge in [-0.05, 0) is 53.4 Å². The van der Waals surface area contributed by atoms with Crippen LogP contribution in [-0.4, -0.2) is 11.6 Å². The Balaban J connectivity index is 4.37. The zero-order chi connectivity index (χ0) is 13.5.